The van der Waals surface area contributed by atoms with Gasteiger partial charge in [0.25, 0.3) is 5.91 Å². The summed E-state index contributed by atoms with van der Waals surface area (Å²) >= 11 is 3.48. The predicted molar refractivity (Wildman–Crippen MR) is 94.2 cm³/mol. The molecule has 23 heavy (non-hydrogen) atoms. The van der Waals surface area contributed by atoms with Crippen LogP contribution in [0.2, 0.25) is 0 Å². The van der Waals surface area contributed by atoms with Crippen LogP contribution in [0.1, 0.15) is 34.5 Å². The highest BCUT2D eigenvalue weighted by Crippen LogP contribution is 2.39. The van der Waals surface area contributed by atoms with Gasteiger partial charge < -0.3 is 4.90 Å². The molecule has 4 rings (SSSR count). The SMILES string of the molecule is C[C@@H]1CN(Cc2ccccc2)CC2c3ccc(Br)cc3C(=O)N21. The molecule has 118 valence electrons. The Labute approximate surface area is 145 Å². The summed E-state index contributed by atoms with van der Waals surface area (Å²) in [7, 11) is 0. The zero-order valence-electron chi connectivity index (χ0n) is 13.1. The third-order valence-corrected chi connectivity index (χ3v) is 5.35. The van der Waals surface area contributed by atoms with E-state index < -0.39 is 0 Å². The molecule has 1 amide bonds. The van der Waals surface area contributed by atoms with E-state index in [1.165, 1.54) is 11.1 Å². The van der Waals surface area contributed by atoms with Crippen LogP contribution < -0.4 is 0 Å². The molecule has 2 aliphatic rings. The van der Waals surface area contributed by atoms with Gasteiger partial charge in [0.2, 0.25) is 0 Å². The first-order chi connectivity index (χ1) is 11.1. The van der Waals surface area contributed by atoms with Crippen molar-refractivity contribution in [3.05, 3.63) is 69.7 Å². The number of nitrogens with zero attached hydrogens (tertiary/aromatic N) is 2. The second-order valence-electron chi connectivity index (χ2n) is 6.49. The van der Waals surface area contributed by atoms with Gasteiger partial charge in [0.15, 0.2) is 0 Å². The molecule has 1 unspecified atom stereocenters. The lowest BCUT2D eigenvalue weighted by Crippen LogP contribution is -2.52. The van der Waals surface area contributed by atoms with E-state index in [1.54, 1.807) is 0 Å². The standard InChI is InChI=1S/C19H19BrN2O/c1-13-10-21(11-14-5-3-2-4-6-14)12-18-16-8-7-15(20)9-17(16)19(23)22(13)18/h2-9,13,18H,10-12H2,1H3/t13-,18?/m1/s1. The van der Waals surface area contributed by atoms with Crippen LogP contribution in [0.4, 0.5) is 0 Å². The Kier molecular flexibility index (Phi) is 3.74. The van der Waals surface area contributed by atoms with Gasteiger partial charge in [-0.2, -0.15) is 0 Å². The van der Waals surface area contributed by atoms with E-state index in [0.29, 0.717) is 0 Å². The molecule has 2 atom stereocenters. The van der Waals surface area contributed by atoms with Crippen molar-refractivity contribution in [1.82, 2.24) is 9.80 Å². The maximum atomic E-state index is 12.7. The fourth-order valence-corrected chi connectivity index (χ4v) is 4.24. The second kappa shape index (κ2) is 5.77. The number of piperazine rings is 1. The van der Waals surface area contributed by atoms with Crippen LogP contribution in [-0.4, -0.2) is 34.8 Å². The van der Waals surface area contributed by atoms with Crippen molar-refractivity contribution in [2.45, 2.75) is 25.6 Å². The Morgan fingerprint density at radius 1 is 1.13 bits per heavy atom. The molecule has 2 aliphatic heterocycles. The predicted octanol–water partition coefficient (Wildman–Crippen LogP) is 3.85. The molecular weight excluding hydrogens is 352 g/mol. The molecule has 0 radical (unpaired) electrons. The highest BCUT2D eigenvalue weighted by molar-refractivity contribution is 9.10. The summed E-state index contributed by atoms with van der Waals surface area (Å²) in [6.45, 7) is 4.92. The van der Waals surface area contributed by atoms with Crippen LogP contribution in [0.3, 0.4) is 0 Å². The van der Waals surface area contributed by atoms with E-state index in [-0.39, 0.29) is 18.0 Å². The minimum absolute atomic E-state index is 0.179. The summed E-state index contributed by atoms with van der Waals surface area (Å²) in [5.74, 6) is 0.179. The summed E-state index contributed by atoms with van der Waals surface area (Å²) < 4.78 is 0.971. The molecule has 3 nitrogen and oxygen atoms in total. The number of carbonyl (C=O) groups is 1. The fraction of sp³-hybridized carbons (Fsp3) is 0.316. The van der Waals surface area contributed by atoms with Crippen LogP contribution in [0.15, 0.2) is 53.0 Å². The van der Waals surface area contributed by atoms with Gasteiger partial charge in [0.1, 0.15) is 0 Å². The van der Waals surface area contributed by atoms with E-state index in [0.717, 1.165) is 29.7 Å². The van der Waals surface area contributed by atoms with Crippen molar-refractivity contribution in [2.75, 3.05) is 13.1 Å². The molecule has 0 N–H and O–H groups in total. The molecule has 4 heteroatoms. The molecule has 0 saturated carbocycles. The monoisotopic (exact) mass is 370 g/mol. The minimum atomic E-state index is 0.179. The molecule has 2 aromatic rings. The van der Waals surface area contributed by atoms with Gasteiger partial charge in [-0.05, 0) is 30.2 Å². The number of fused-ring (bicyclic) bond motifs is 3. The number of amides is 1. The second-order valence-corrected chi connectivity index (χ2v) is 7.40. The summed E-state index contributed by atoms with van der Waals surface area (Å²) in [5, 5.41) is 0. The smallest absolute Gasteiger partial charge is 0.255 e. The maximum Gasteiger partial charge on any atom is 0.255 e. The van der Waals surface area contributed by atoms with E-state index in [9.17, 15) is 4.79 Å². The Bertz CT molecular complexity index is 746. The number of hydrogen-bond acceptors (Lipinski definition) is 2. The number of hydrogen-bond donors (Lipinski definition) is 0. The molecule has 0 aliphatic carbocycles. The topological polar surface area (TPSA) is 23.6 Å². The van der Waals surface area contributed by atoms with Crippen molar-refractivity contribution in [3.8, 4) is 0 Å². The van der Waals surface area contributed by atoms with Crippen molar-refractivity contribution >= 4 is 21.8 Å². The van der Waals surface area contributed by atoms with E-state index in [2.05, 4.69) is 63.0 Å². The zero-order valence-corrected chi connectivity index (χ0v) is 14.7. The van der Waals surface area contributed by atoms with Crippen molar-refractivity contribution < 1.29 is 4.79 Å². The number of halogens is 1. The molecular formula is C19H19BrN2O. The number of rotatable bonds is 2. The molecule has 1 saturated heterocycles. The average molecular weight is 371 g/mol. The van der Waals surface area contributed by atoms with E-state index in [1.807, 2.05) is 18.2 Å². The summed E-state index contributed by atoms with van der Waals surface area (Å²) in [5.41, 5.74) is 3.36. The summed E-state index contributed by atoms with van der Waals surface area (Å²) in [4.78, 5) is 17.3. The minimum Gasteiger partial charge on any atom is -0.326 e. The van der Waals surface area contributed by atoms with Crippen LogP contribution in [-0.2, 0) is 6.54 Å². The summed E-state index contributed by atoms with van der Waals surface area (Å²) in [6, 6.07) is 17.1. The molecule has 0 aromatic heterocycles. The zero-order chi connectivity index (χ0) is 16.0. The van der Waals surface area contributed by atoms with Gasteiger partial charge in [0, 0.05) is 35.7 Å². The first-order valence-corrected chi connectivity index (χ1v) is 8.81. The van der Waals surface area contributed by atoms with Crippen LogP contribution in [0, 0.1) is 0 Å². The molecule has 1 fully saturated rings. The third kappa shape index (κ3) is 2.60. The van der Waals surface area contributed by atoms with Crippen molar-refractivity contribution in [3.63, 3.8) is 0 Å². The van der Waals surface area contributed by atoms with Crippen LogP contribution in [0.25, 0.3) is 0 Å². The quantitative estimate of drug-likeness (QED) is 0.801. The first kappa shape index (κ1) is 14.9. The maximum absolute atomic E-state index is 12.7. The highest BCUT2D eigenvalue weighted by Gasteiger charge is 2.43. The first-order valence-electron chi connectivity index (χ1n) is 8.02. The van der Waals surface area contributed by atoms with Gasteiger partial charge in [-0.25, -0.2) is 0 Å². The van der Waals surface area contributed by atoms with E-state index >= 15 is 0 Å². The molecule has 2 aromatic carbocycles. The van der Waals surface area contributed by atoms with E-state index in [4.69, 9.17) is 0 Å². The van der Waals surface area contributed by atoms with Gasteiger partial charge in [-0.1, -0.05) is 52.3 Å². The normalized spacial score (nSPS) is 23.7. The van der Waals surface area contributed by atoms with Gasteiger partial charge in [-0.15, -0.1) is 0 Å². The lowest BCUT2D eigenvalue weighted by molar-refractivity contribution is 0.0297. The Hall–Kier alpha value is -1.65. The lowest BCUT2D eigenvalue weighted by atomic mass is 10.0. The number of benzene rings is 2. The largest absolute Gasteiger partial charge is 0.326 e. The fourth-order valence-electron chi connectivity index (χ4n) is 3.88. The van der Waals surface area contributed by atoms with Gasteiger partial charge >= 0.3 is 0 Å². The van der Waals surface area contributed by atoms with Crippen molar-refractivity contribution in [1.29, 1.82) is 0 Å². The Morgan fingerprint density at radius 3 is 2.70 bits per heavy atom. The summed E-state index contributed by atoms with van der Waals surface area (Å²) in [6.07, 6.45) is 0. The molecule has 2 heterocycles. The Balaban J connectivity index is 1.62. The van der Waals surface area contributed by atoms with Crippen LogP contribution in [0.5, 0.6) is 0 Å². The molecule has 0 spiro atoms. The molecule has 0 bridgehead atoms. The highest BCUT2D eigenvalue weighted by atomic mass is 79.9. The lowest BCUT2D eigenvalue weighted by Gasteiger charge is -2.42. The van der Waals surface area contributed by atoms with Crippen LogP contribution >= 0.6 is 15.9 Å². The van der Waals surface area contributed by atoms with Crippen molar-refractivity contribution in [2.24, 2.45) is 0 Å². The third-order valence-electron chi connectivity index (χ3n) is 4.85. The van der Waals surface area contributed by atoms with Gasteiger partial charge in [-0.3, -0.25) is 9.69 Å². The Morgan fingerprint density at radius 2 is 1.91 bits per heavy atom. The van der Waals surface area contributed by atoms with Gasteiger partial charge in [0.05, 0.1) is 6.04 Å². The number of carbonyl (C=O) groups excluding carboxylic acids is 1. The average Bonchev–Trinajstić information content (AvgIpc) is 2.81.